The molecule has 24 heavy (non-hydrogen) atoms. The third-order valence-corrected chi connectivity index (χ3v) is 5.10. The maximum Gasteiger partial charge on any atom is 0.254 e. The Bertz CT molecular complexity index is 657. The summed E-state index contributed by atoms with van der Waals surface area (Å²) in [6.07, 6.45) is 4.08. The van der Waals surface area contributed by atoms with Gasteiger partial charge in [0.05, 0.1) is 12.7 Å². The molecule has 1 saturated heterocycles. The van der Waals surface area contributed by atoms with Crippen molar-refractivity contribution in [2.75, 3.05) is 26.0 Å². The van der Waals surface area contributed by atoms with E-state index in [0.717, 1.165) is 18.4 Å². The van der Waals surface area contributed by atoms with Crippen molar-refractivity contribution in [3.8, 4) is 0 Å². The SMILES string of the molecule is CSc1ccc(C(=O)N2CCOC(CCc3ccccc3)C2)cc1. The van der Waals surface area contributed by atoms with Gasteiger partial charge in [-0.25, -0.2) is 0 Å². The molecule has 0 radical (unpaired) electrons. The number of rotatable bonds is 5. The zero-order valence-electron chi connectivity index (χ0n) is 14.0. The topological polar surface area (TPSA) is 29.5 Å². The number of morpholine rings is 1. The molecule has 0 N–H and O–H groups in total. The first-order valence-electron chi connectivity index (χ1n) is 8.35. The van der Waals surface area contributed by atoms with Crippen LogP contribution in [0.25, 0.3) is 0 Å². The molecule has 4 heteroatoms. The minimum Gasteiger partial charge on any atom is -0.375 e. The lowest BCUT2D eigenvalue weighted by Crippen LogP contribution is -2.45. The summed E-state index contributed by atoms with van der Waals surface area (Å²) in [4.78, 5) is 15.8. The van der Waals surface area contributed by atoms with E-state index in [4.69, 9.17) is 4.74 Å². The van der Waals surface area contributed by atoms with Crippen LogP contribution < -0.4 is 0 Å². The van der Waals surface area contributed by atoms with Gasteiger partial charge in [-0.3, -0.25) is 4.79 Å². The summed E-state index contributed by atoms with van der Waals surface area (Å²) in [5, 5.41) is 0. The minimum atomic E-state index is 0.107. The van der Waals surface area contributed by atoms with Crippen molar-refractivity contribution in [2.24, 2.45) is 0 Å². The Labute approximate surface area is 148 Å². The van der Waals surface area contributed by atoms with Crippen LogP contribution in [0, 0.1) is 0 Å². The lowest BCUT2D eigenvalue weighted by Gasteiger charge is -2.33. The predicted molar refractivity (Wildman–Crippen MR) is 98.6 cm³/mol. The number of thioether (sulfide) groups is 1. The lowest BCUT2D eigenvalue weighted by molar-refractivity contribution is -0.0246. The van der Waals surface area contributed by atoms with Gasteiger partial charge in [-0.05, 0) is 48.9 Å². The zero-order valence-corrected chi connectivity index (χ0v) is 14.8. The number of hydrogen-bond donors (Lipinski definition) is 0. The monoisotopic (exact) mass is 341 g/mol. The number of aryl methyl sites for hydroxylation is 1. The molecule has 0 spiro atoms. The Morgan fingerprint density at radius 3 is 2.62 bits per heavy atom. The maximum atomic E-state index is 12.7. The van der Waals surface area contributed by atoms with Crippen molar-refractivity contribution in [1.82, 2.24) is 4.90 Å². The smallest absolute Gasteiger partial charge is 0.254 e. The number of nitrogens with zero attached hydrogens (tertiary/aromatic N) is 1. The van der Waals surface area contributed by atoms with Crippen LogP contribution >= 0.6 is 11.8 Å². The molecule has 3 nitrogen and oxygen atoms in total. The molecule has 126 valence electrons. The van der Waals surface area contributed by atoms with E-state index in [-0.39, 0.29) is 12.0 Å². The first-order valence-corrected chi connectivity index (χ1v) is 9.57. The van der Waals surface area contributed by atoms with Crippen LogP contribution in [0.1, 0.15) is 22.3 Å². The number of benzene rings is 2. The fourth-order valence-corrected chi connectivity index (χ4v) is 3.38. The lowest BCUT2D eigenvalue weighted by atomic mass is 10.1. The molecule has 0 aliphatic carbocycles. The van der Waals surface area contributed by atoms with Crippen molar-refractivity contribution in [3.63, 3.8) is 0 Å². The van der Waals surface area contributed by atoms with Crippen LogP contribution in [-0.2, 0) is 11.2 Å². The fourth-order valence-electron chi connectivity index (χ4n) is 2.97. The van der Waals surface area contributed by atoms with E-state index < -0.39 is 0 Å². The van der Waals surface area contributed by atoms with Gasteiger partial charge in [0.2, 0.25) is 0 Å². The molecular weight excluding hydrogens is 318 g/mol. The van der Waals surface area contributed by atoms with Crippen LogP contribution in [0.5, 0.6) is 0 Å². The molecule has 1 aliphatic heterocycles. The molecule has 1 heterocycles. The summed E-state index contributed by atoms with van der Waals surface area (Å²) < 4.78 is 5.86. The molecule has 3 rings (SSSR count). The van der Waals surface area contributed by atoms with E-state index in [1.807, 2.05) is 41.5 Å². The average molecular weight is 341 g/mol. The summed E-state index contributed by atoms with van der Waals surface area (Å²) >= 11 is 1.68. The molecule has 0 saturated carbocycles. The highest BCUT2D eigenvalue weighted by Crippen LogP contribution is 2.18. The molecular formula is C20H23NO2S. The second-order valence-electron chi connectivity index (χ2n) is 6.00. The van der Waals surface area contributed by atoms with Gasteiger partial charge in [0.15, 0.2) is 0 Å². The Kier molecular flexibility index (Phi) is 5.94. The third-order valence-electron chi connectivity index (χ3n) is 4.36. The molecule has 2 aromatic rings. The van der Waals surface area contributed by atoms with E-state index >= 15 is 0 Å². The summed E-state index contributed by atoms with van der Waals surface area (Å²) in [6, 6.07) is 18.3. The molecule has 1 atom stereocenters. The summed E-state index contributed by atoms with van der Waals surface area (Å²) in [6.45, 7) is 1.97. The van der Waals surface area contributed by atoms with Crippen LogP contribution in [0.15, 0.2) is 59.5 Å². The second-order valence-corrected chi connectivity index (χ2v) is 6.88. The highest BCUT2D eigenvalue weighted by atomic mass is 32.2. The highest BCUT2D eigenvalue weighted by molar-refractivity contribution is 7.98. The van der Waals surface area contributed by atoms with E-state index in [1.54, 1.807) is 11.8 Å². The van der Waals surface area contributed by atoms with Gasteiger partial charge in [0.1, 0.15) is 0 Å². The van der Waals surface area contributed by atoms with E-state index in [9.17, 15) is 4.79 Å². The minimum absolute atomic E-state index is 0.107. The first-order chi connectivity index (χ1) is 11.8. The molecule has 1 aliphatic rings. The fraction of sp³-hybridized carbons (Fsp3) is 0.350. The number of amides is 1. The molecule has 2 aromatic carbocycles. The van der Waals surface area contributed by atoms with Gasteiger partial charge in [0, 0.05) is 23.5 Å². The van der Waals surface area contributed by atoms with Crippen LogP contribution in [0.4, 0.5) is 0 Å². The van der Waals surface area contributed by atoms with E-state index in [1.165, 1.54) is 10.5 Å². The average Bonchev–Trinajstić information content (AvgIpc) is 2.67. The molecule has 1 unspecified atom stereocenters. The number of ether oxygens (including phenoxy) is 1. The molecule has 1 amide bonds. The van der Waals surface area contributed by atoms with Gasteiger partial charge < -0.3 is 9.64 Å². The summed E-state index contributed by atoms with van der Waals surface area (Å²) in [7, 11) is 0. The Hall–Kier alpha value is -1.78. The van der Waals surface area contributed by atoms with E-state index in [2.05, 4.69) is 24.3 Å². The molecule has 1 fully saturated rings. The first kappa shape index (κ1) is 17.1. The third kappa shape index (κ3) is 4.40. The standard InChI is InChI=1S/C20H23NO2S/c1-24-19-11-8-17(9-12-19)20(22)21-13-14-23-18(15-21)10-7-16-5-3-2-4-6-16/h2-6,8-9,11-12,18H,7,10,13-15H2,1H3. The predicted octanol–water partition coefficient (Wildman–Crippen LogP) is 3.88. The van der Waals surface area contributed by atoms with Gasteiger partial charge in [-0.2, -0.15) is 0 Å². The highest BCUT2D eigenvalue weighted by Gasteiger charge is 2.24. The quantitative estimate of drug-likeness (QED) is 0.773. The van der Waals surface area contributed by atoms with Crippen molar-refractivity contribution in [1.29, 1.82) is 0 Å². The summed E-state index contributed by atoms with van der Waals surface area (Å²) in [5.41, 5.74) is 2.08. The van der Waals surface area contributed by atoms with Gasteiger partial charge >= 0.3 is 0 Å². The number of carbonyl (C=O) groups is 1. The van der Waals surface area contributed by atoms with Gasteiger partial charge in [-0.1, -0.05) is 30.3 Å². The Balaban J connectivity index is 1.57. The number of hydrogen-bond acceptors (Lipinski definition) is 3. The van der Waals surface area contributed by atoms with Crippen molar-refractivity contribution in [2.45, 2.75) is 23.8 Å². The summed E-state index contributed by atoms with van der Waals surface area (Å²) in [5.74, 6) is 0.107. The second kappa shape index (κ2) is 8.36. The Morgan fingerprint density at radius 2 is 1.92 bits per heavy atom. The van der Waals surface area contributed by atoms with Crippen molar-refractivity contribution >= 4 is 17.7 Å². The van der Waals surface area contributed by atoms with Crippen LogP contribution in [0.3, 0.4) is 0 Å². The molecule has 0 aromatic heterocycles. The van der Waals surface area contributed by atoms with Crippen LogP contribution in [0.2, 0.25) is 0 Å². The van der Waals surface area contributed by atoms with Gasteiger partial charge in [-0.15, -0.1) is 11.8 Å². The Morgan fingerprint density at radius 1 is 1.17 bits per heavy atom. The van der Waals surface area contributed by atoms with Crippen LogP contribution in [-0.4, -0.2) is 42.9 Å². The zero-order chi connectivity index (χ0) is 16.8. The number of carbonyl (C=O) groups excluding carboxylic acids is 1. The largest absolute Gasteiger partial charge is 0.375 e. The van der Waals surface area contributed by atoms with E-state index in [0.29, 0.717) is 19.7 Å². The molecule has 0 bridgehead atoms. The maximum absolute atomic E-state index is 12.7. The normalized spacial score (nSPS) is 17.7. The van der Waals surface area contributed by atoms with Gasteiger partial charge in [0.25, 0.3) is 5.91 Å². The van der Waals surface area contributed by atoms with Crippen molar-refractivity contribution < 1.29 is 9.53 Å². The van der Waals surface area contributed by atoms with Crippen molar-refractivity contribution in [3.05, 3.63) is 65.7 Å².